The molecule has 0 unspecified atom stereocenters. The Morgan fingerprint density at radius 3 is 2.85 bits per heavy atom. The van der Waals surface area contributed by atoms with E-state index in [4.69, 9.17) is 4.74 Å². The number of ether oxygens (including phenoxy) is 1. The zero-order valence-corrected chi connectivity index (χ0v) is 11.5. The van der Waals surface area contributed by atoms with Crippen molar-refractivity contribution in [1.82, 2.24) is 19.8 Å². The van der Waals surface area contributed by atoms with Crippen LogP contribution in [-0.4, -0.2) is 59.5 Å². The van der Waals surface area contributed by atoms with Gasteiger partial charge in [-0.3, -0.25) is 9.69 Å². The normalized spacial score (nSPS) is 16.6. The molecule has 0 aliphatic carbocycles. The lowest BCUT2D eigenvalue weighted by Gasteiger charge is -2.31. The minimum atomic E-state index is 0.781. The number of nitrogens with one attached hydrogen (secondary N) is 1. The van der Waals surface area contributed by atoms with Crippen LogP contribution >= 0.6 is 0 Å². The number of carbonyl (C=O) groups is 1. The number of fused-ring (bicyclic) bond motifs is 1. The van der Waals surface area contributed by atoms with E-state index >= 15 is 0 Å². The van der Waals surface area contributed by atoms with E-state index in [0.717, 1.165) is 61.7 Å². The third kappa shape index (κ3) is 2.60. The highest BCUT2D eigenvalue weighted by molar-refractivity contribution is 5.76. The van der Waals surface area contributed by atoms with Crippen LogP contribution < -0.4 is 4.74 Å². The smallest absolute Gasteiger partial charge is 0.209 e. The molecule has 0 atom stereocenters. The number of methoxy groups -OCH3 is 1. The molecule has 2 heterocycles. The van der Waals surface area contributed by atoms with E-state index in [2.05, 4.69) is 14.9 Å². The van der Waals surface area contributed by atoms with Gasteiger partial charge in [0.1, 0.15) is 11.6 Å². The molecule has 0 bridgehead atoms. The number of imidazole rings is 1. The number of amides is 1. The van der Waals surface area contributed by atoms with Gasteiger partial charge in [0.2, 0.25) is 6.41 Å². The van der Waals surface area contributed by atoms with Crippen molar-refractivity contribution in [2.24, 2.45) is 0 Å². The van der Waals surface area contributed by atoms with Gasteiger partial charge in [-0.2, -0.15) is 0 Å². The molecule has 1 fully saturated rings. The summed E-state index contributed by atoms with van der Waals surface area (Å²) in [5.41, 5.74) is 1.94. The summed E-state index contributed by atoms with van der Waals surface area (Å²) in [5, 5.41) is 0. The summed E-state index contributed by atoms with van der Waals surface area (Å²) >= 11 is 0. The maximum Gasteiger partial charge on any atom is 0.209 e. The number of H-pyrrole nitrogens is 1. The molecule has 1 N–H and O–H groups in total. The number of carbonyl (C=O) groups excluding carboxylic acids is 1. The maximum absolute atomic E-state index is 10.7. The molecule has 6 heteroatoms. The fourth-order valence-electron chi connectivity index (χ4n) is 2.48. The highest BCUT2D eigenvalue weighted by Crippen LogP contribution is 2.19. The Balaban J connectivity index is 1.70. The topological polar surface area (TPSA) is 61.5 Å². The first kappa shape index (κ1) is 12.9. The molecule has 106 valence electrons. The third-order valence-corrected chi connectivity index (χ3v) is 3.67. The third-order valence-electron chi connectivity index (χ3n) is 3.67. The lowest BCUT2D eigenvalue weighted by molar-refractivity contribution is -0.119. The van der Waals surface area contributed by atoms with Crippen LogP contribution in [0.25, 0.3) is 11.0 Å². The van der Waals surface area contributed by atoms with E-state index < -0.39 is 0 Å². The number of hydrogen-bond acceptors (Lipinski definition) is 4. The van der Waals surface area contributed by atoms with Crippen molar-refractivity contribution in [2.75, 3.05) is 33.3 Å². The van der Waals surface area contributed by atoms with Gasteiger partial charge in [-0.1, -0.05) is 0 Å². The van der Waals surface area contributed by atoms with E-state index in [-0.39, 0.29) is 0 Å². The molecule has 3 rings (SSSR count). The lowest BCUT2D eigenvalue weighted by Crippen LogP contribution is -2.45. The van der Waals surface area contributed by atoms with Crippen LogP contribution in [0.1, 0.15) is 5.82 Å². The van der Waals surface area contributed by atoms with Gasteiger partial charge in [-0.15, -0.1) is 0 Å². The summed E-state index contributed by atoms with van der Waals surface area (Å²) in [5.74, 6) is 1.78. The largest absolute Gasteiger partial charge is 0.497 e. The quantitative estimate of drug-likeness (QED) is 0.840. The molecule has 1 aromatic heterocycles. The van der Waals surface area contributed by atoms with Gasteiger partial charge in [-0.05, 0) is 12.1 Å². The number of aromatic amines is 1. The number of rotatable bonds is 4. The highest BCUT2D eigenvalue weighted by atomic mass is 16.5. The summed E-state index contributed by atoms with van der Waals surface area (Å²) < 4.78 is 5.21. The maximum atomic E-state index is 10.7. The molecule has 2 aromatic rings. The zero-order valence-electron chi connectivity index (χ0n) is 11.5. The first-order valence-electron chi connectivity index (χ1n) is 6.73. The van der Waals surface area contributed by atoms with Gasteiger partial charge in [0.25, 0.3) is 0 Å². The standard InChI is InChI=1S/C14H18N4O2/c1-20-11-2-3-12-13(8-11)16-14(15-12)9-17-4-6-18(10-19)7-5-17/h2-3,8,10H,4-7,9H2,1H3,(H,15,16). The average molecular weight is 274 g/mol. The van der Waals surface area contributed by atoms with Crippen molar-refractivity contribution >= 4 is 17.4 Å². The number of benzene rings is 1. The Hall–Kier alpha value is -2.08. The zero-order chi connectivity index (χ0) is 13.9. The summed E-state index contributed by atoms with van der Waals surface area (Å²) in [6, 6.07) is 5.82. The summed E-state index contributed by atoms with van der Waals surface area (Å²) in [6.45, 7) is 4.14. The van der Waals surface area contributed by atoms with Crippen LogP contribution in [0.2, 0.25) is 0 Å². The van der Waals surface area contributed by atoms with Crippen LogP contribution in [0.4, 0.5) is 0 Å². The molecular formula is C14H18N4O2. The predicted octanol–water partition coefficient (Wildman–Crippen LogP) is 0.845. The molecule has 1 saturated heterocycles. The molecule has 1 aromatic carbocycles. The number of nitrogens with zero attached hydrogens (tertiary/aromatic N) is 3. The van der Waals surface area contributed by atoms with E-state index in [1.807, 2.05) is 18.2 Å². The van der Waals surface area contributed by atoms with Gasteiger partial charge in [0.15, 0.2) is 0 Å². The van der Waals surface area contributed by atoms with Crippen molar-refractivity contribution in [3.05, 3.63) is 24.0 Å². The van der Waals surface area contributed by atoms with Crippen molar-refractivity contribution in [3.63, 3.8) is 0 Å². The van der Waals surface area contributed by atoms with E-state index in [1.54, 1.807) is 12.0 Å². The second kappa shape index (κ2) is 5.50. The minimum absolute atomic E-state index is 0.781. The van der Waals surface area contributed by atoms with Gasteiger partial charge in [-0.25, -0.2) is 4.98 Å². The molecule has 1 aliphatic rings. The van der Waals surface area contributed by atoms with Crippen LogP contribution in [0.15, 0.2) is 18.2 Å². The Morgan fingerprint density at radius 2 is 2.15 bits per heavy atom. The van der Waals surface area contributed by atoms with Crippen molar-refractivity contribution in [2.45, 2.75) is 6.54 Å². The van der Waals surface area contributed by atoms with Crippen LogP contribution in [0.3, 0.4) is 0 Å². The summed E-state index contributed by atoms with van der Waals surface area (Å²) in [7, 11) is 1.66. The number of piperazine rings is 1. The fourth-order valence-corrected chi connectivity index (χ4v) is 2.48. The second-order valence-corrected chi connectivity index (χ2v) is 4.98. The van der Waals surface area contributed by atoms with Gasteiger partial charge < -0.3 is 14.6 Å². The van der Waals surface area contributed by atoms with Crippen molar-refractivity contribution < 1.29 is 9.53 Å². The minimum Gasteiger partial charge on any atom is -0.497 e. The Labute approximate surface area is 117 Å². The monoisotopic (exact) mass is 274 g/mol. The van der Waals surface area contributed by atoms with Crippen molar-refractivity contribution in [1.29, 1.82) is 0 Å². The Kier molecular flexibility index (Phi) is 3.56. The van der Waals surface area contributed by atoms with Crippen LogP contribution in [0.5, 0.6) is 5.75 Å². The van der Waals surface area contributed by atoms with E-state index in [1.165, 1.54) is 0 Å². The first-order valence-corrected chi connectivity index (χ1v) is 6.73. The highest BCUT2D eigenvalue weighted by Gasteiger charge is 2.16. The lowest BCUT2D eigenvalue weighted by atomic mass is 10.3. The van der Waals surface area contributed by atoms with Crippen molar-refractivity contribution in [3.8, 4) is 5.75 Å². The molecule has 0 spiro atoms. The summed E-state index contributed by atoms with van der Waals surface area (Å²) in [6.07, 6.45) is 0.921. The molecule has 6 nitrogen and oxygen atoms in total. The SMILES string of the molecule is COc1ccc2nc(CN3CCN(C=O)CC3)[nH]c2c1. The molecule has 20 heavy (non-hydrogen) atoms. The van der Waals surface area contributed by atoms with E-state index in [0.29, 0.717) is 0 Å². The molecular weight excluding hydrogens is 256 g/mol. The summed E-state index contributed by atoms with van der Waals surface area (Å²) in [4.78, 5) is 22.7. The van der Waals surface area contributed by atoms with E-state index in [9.17, 15) is 4.79 Å². The number of hydrogen-bond donors (Lipinski definition) is 1. The van der Waals surface area contributed by atoms with Gasteiger partial charge in [0.05, 0.1) is 24.7 Å². The molecule has 1 aliphatic heterocycles. The Morgan fingerprint density at radius 1 is 1.35 bits per heavy atom. The predicted molar refractivity (Wildman–Crippen MR) is 75.6 cm³/mol. The first-order chi connectivity index (χ1) is 9.78. The molecule has 1 amide bonds. The average Bonchev–Trinajstić information content (AvgIpc) is 2.89. The van der Waals surface area contributed by atoms with Gasteiger partial charge >= 0.3 is 0 Å². The van der Waals surface area contributed by atoms with Crippen LogP contribution in [-0.2, 0) is 11.3 Å². The fraction of sp³-hybridized carbons (Fsp3) is 0.429. The molecule has 0 saturated carbocycles. The second-order valence-electron chi connectivity index (χ2n) is 4.98. The van der Waals surface area contributed by atoms with Crippen LogP contribution in [0, 0.1) is 0 Å². The van der Waals surface area contributed by atoms with Gasteiger partial charge in [0, 0.05) is 32.2 Å². The molecule has 0 radical (unpaired) electrons. The number of aromatic nitrogens is 2. The Bertz CT molecular complexity index is 602.